The number of hydrogen-bond donors (Lipinski definition) is 2. The van der Waals surface area contributed by atoms with Crippen LogP contribution in [-0.2, 0) is 4.79 Å². The summed E-state index contributed by atoms with van der Waals surface area (Å²) in [5, 5.41) is 16.2. The number of likely N-dealkylation sites (N-methyl/N-ethyl adjacent to an activating group) is 2. The van der Waals surface area contributed by atoms with E-state index >= 15 is 0 Å². The van der Waals surface area contributed by atoms with Gasteiger partial charge < -0.3 is 15.5 Å². The summed E-state index contributed by atoms with van der Waals surface area (Å²) in [7, 11) is 3.05. The average molecular weight is 268 g/mol. The first-order valence-electron chi connectivity index (χ1n) is 5.66. The molecule has 1 amide bonds. The van der Waals surface area contributed by atoms with Gasteiger partial charge in [0.05, 0.1) is 11.5 Å². The van der Waals surface area contributed by atoms with Crippen molar-refractivity contribution in [3.8, 4) is 0 Å². The largest absolute Gasteiger partial charge is 0.358 e. The fraction of sp³-hybridized carbons (Fsp3) is 0.500. The van der Waals surface area contributed by atoms with Gasteiger partial charge in [-0.15, -0.1) is 0 Å². The maximum atomic E-state index is 11.3. The molecule has 0 aliphatic carbocycles. The van der Waals surface area contributed by atoms with Crippen LogP contribution in [0, 0.1) is 10.1 Å². The van der Waals surface area contributed by atoms with Crippen LogP contribution < -0.4 is 15.5 Å². The van der Waals surface area contributed by atoms with Crippen LogP contribution in [0.25, 0.3) is 0 Å². The zero-order chi connectivity index (χ0) is 14.4. The molecule has 0 unspecified atom stereocenters. The van der Waals surface area contributed by atoms with Gasteiger partial charge in [0, 0.05) is 20.6 Å². The number of aromatic nitrogens is 2. The first kappa shape index (κ1) is 14.6. The molecule has 1 aromatic heterocycles. The molecule has 0 aliphatic heterocycles. The molecular weight excluding hydrogens is 252 g/mol. The van der Waals surface area contributed by atoms with Gasteiger partial charge in [0.1, 0.15) is 6.20 Å². The number of amides is 1. The Morgan fingerprint density at radius 1 is 1.58 bits per heavy atom. The van der Waals surface area contributed by atoms with E-state index in [2.05, 4.69) is 20.6 Å². The van der Waals surface area contributed by atoms with Crippen LogP contribution in [0.4, 0.5) is 17.5 Å². The molecule has 1 aromatic rings. The molecule has 1 heterocycles. The Bertz CT molecular complexity index is 478. The van der Waals surface area contributed by atoms with Crippen molar-refractivity contribution >= 4 is 23.4 Å². The highest BCUT2D eigenvalue weighted by Gasteiger charge is 2.21. The fourth-order valence-electron chi connectivity index (χ4n) is 1.39. The average Bonchev–Trinajstić information content (AvgIpc) is 2.38. The van der Waals surface area contributed by atoms with E-state index in [4.69, 9.17) is 0 Å². The van der Waals surface area contributed by atoms with E-state index in [1.54, 1.807) is 7.05 Å². The van der Waals surface area contributed by atoms with Crippen molar-refractivity contribution in [1.82, 2.24) is 15.3 Å². The van der Waals surface area contributed by atoms with E-state index in [1.807, 2.05) is 6.92 Å². The maximum Gasteiger partial charge on any atom is 0.329 e. The molecule has 104 valence electrons. The SMILES string of the molecule is CCNc1ncc([N+](=O)[O-])c(N(C)CC(=O)NC)n1. The van der Waals surface area contributed by atoms with Crippen molar-refractivity contribution in [3.63, 3.8) is 0 Å². The minimum Gasteiger partial charge on any atom is -0.358 e. The summed E-state index contributed by atoms with van der Waals surface area (Å²) in [4.78, 5) is 31.0. The quantitative estimate of drug-likeness (QED) is 0.551. The Hall–Kier alpha value is -2.45. The van der Waals surface area contributed by atoms with Gasteiger partial charge in [-0.3, -0.25) is 14.9 Å². The molecule has 19 heavy (non-hydrogen) atoms. The van der Waals surface area contributed by atoms with Crippen LogP contribution in [-0.4, -0.2) is 48.0 Å². The zero-order valence-electron chi connectivity index (χ0n) is 11.0. The number of nitro groups is 1. The predicted molar refractivity (Wildman–Crippen MR) is 70.2 cm³/mol. The Labute approximate surface area is 110 Å². The number of anilines is 2. The highest BCUT2D eigenvalue weighted by atomic mass is 16.6. The number of carbonyl (C=O) groups is 1. The normalized spacial score (nSPS) is 9.84. The summed E-state index contributed by atoms with van der Waals surface area (Å²) in [6.45, 7) is 2.43. The summed E-state index contributed by atoms with van der Waals surface area (Å²) in [5.74, 6) is 0.117. The van der Waals surface area contributed by atoms with Crippen LogP contribution in [0.15, 0.2) is 6.20 Å². The lowest BCUT2D eigenvalue weighted by Gasteiger charge is -2.17. The second kappa shape index (κ2) is 6.47. The summed E-state index contributed by atoms with van der Waals surface area (Å²) in [6.07, 6.45) is 1.13. The molecule has 0 aliphatic rings. The number of nitrogens with zero attached hydrogens (tertiary/aromatic N) is 4. The third kappa shape index (κ3) is 3.76. The molecule has 2 N–H and O–H groups in total. The molecule has 0 atom stereocenters. The van der Waals surface area contributed by atoms with E-state index in [9.17, 15) is 14.9 Å². The molecule has 9 heteroatoms. The Morgan fingerprint density at radius 2 is 2.26 bits per heavy atom. The lowest BCUT2D eigenvalue weighted by atomic mass is 10.4. The standard InChI is InChI=1S/C10H16N6O3/c1-4-12-10-13-5-7(16(18)19)9(14-10)15(3)6-8(17)11-2/h5H,4,6H2,1-3H3,(H,11,17)(H,12,13,14). The van der Waals surface area contributed by atoms with Crippen molar-refractivity contribution in [1.29, 1.82) is 0 Å². The molecule has 1 rings (SSSR count). The van der Waals surface area contributed by atoms with Crippen molar-refractivity contribution in [3.05, 3.63) is 16.3 Å². The second-order valence-electron chi connectivity index (χ2n) is 3.72. The number of carbonyl (C=O) groups excluding carboxylic acids is 1. The van der Waals surface area contributed by atoms with E-state index in [1.165, 1.54) is 11.9 Å². The first-order valence-corrected chi connectivity index (χ1v) is 5.66. The van der Waals surface area contributed by atoms with Gasteiger partial charge in [0.15, 0.2) is 0 Å². The third-order valence-corrected chi connectivity index (χ3v) is 2.30. The van der Waals surface area contributed by atoms with Crippen LogP contribution in [0.2, 0.25) is 0 Å². The second-order valence-corrected chi connectivity index (χ2v) is 3.72. The summed E-state index contributed by atoms with van der Waals surface area (Å²) in [6, 6.07) is 0. The van der Waals surface area contributed by atoms with Gasteiger partial charge in [-0.25, -0.2) is 4.98 Å². The van der Waals surface area contributed by atoms with Crippen LogP contribution in [0.5, 0.6) is 0 Å². The molecule has 0 spiro atoms. The monoisotopic (exact) mass is 268 g/mol. The van der Waals surface area contributed by atoms with E-state index in [-0.39, 0.29) is 29.9 Å². The predicted octanol–water partition coefficient (Wildman–Crippen LogP) is -0.00120. The minimum absolute atomic E-state index is 0.0279. The zero-order valence-corrected chi connectivity index (χ0v) is 11.0. The molecule has 0 bridgehead atoms. The van der Waals surface area contributed by atoms with E-state index < -0.39 is 4.92 Å². The molecule has 0 saturated carbocycles. The van der Waals surface area contributed by atoms with Gasteiger partial charge in [0.2, 0.25) is 17.7 Å². The summed E-state index contributed by atoms with van der Waals surface area (Å²) in [5.41, 5.74) is -0.243. The lowest BCUT2D eigenvalue weighted by molar-refractivity contribution is -0.384. The summed E-state index contributed by atoms with van der Waals surface area (Å²) < 4.78 is 0. The number of nitrogens with one attached hydrogen (secondary N) is 2. The van der Waals surface area contributed by atoms with Crippen LogP contribution in [0.3, 0.4) is 0 Å². The number of hydrogen-bond acceptors (Lipinski definition) is 7. The van der Waals surface area contributed by atoms with E-state index in [0.717, 1.165) is 6.20 Å². The molecule has 0 saturated heterocycles. The van der Waals surface area contributed by atoms with Crippen molar-refractivity contribution in [2.45, 2.75) is 6.92 Å². The van der Waals surface area contributed by atoms with Gasteiger partial charge in [-0.1, -0.05) is 0 Å². The van der Waals surface area contributed by atoms with Crippen molar-refractivity contribution < 1.29 is 9.72 Å². The summed E-state index contributed by atoms with van der Waals surface area (Å²) >= 11 is 0. The van der Waals surface area contributed by atoms with Crippen LogP contribution in [0.1, 0.15) is 6.92 Å². The molecule has 0 radical (unpaired) electrons. The molecular formula is C10H16N6O3. The highest BCUT2D eigenvalue weighted by molar-refractivity contribution is 5.81. The van der Waals surface area contributed by atoms with Gasteiger partial charge in [-0.2, -0.15) is 4.98 Å². The first-order chi connectivity index (χ1) is 8.99. The van der Waals surface area contributed by atoms with Crippen molar-refractivity contribution in [2.24, 2.45) is 0 Å². The van der Waals surface area contributed by atoms with Gasteiger partial charge in [-0.05, 0) is 6.92 Å². The molecule has 0 aromatic carbocycles. The Balaban J connectivity index is 3.09. The van der Waals surface area contributed by atoms with E-state index in [0.29, 0.717) is 6.54 Å². The third-order valence-electron chi connectivity index (χ3n) is 2.30. The minimum atomic E-state index is -0.578. The molecule has 0 fully saturated rings. The molecule has 9 nitrogen and oxygen atoms in total. The fourth-order valence-corrected chi connectivity index (χ4v) is 1.39. The topological polar surface area (TPSA) is 113 Å². The van der Waals surface area contributed by atoms with Gasteiger partial charge >= 0.3 is 5.69 Å². The van der Waals surface area contributed by atoms with Crippen molar-refractivity contribution in [2.75, 3.05) is 37.4 Å². The smallest absolute Gasteiger partial charge is 0.329 e. The lowest BCUT2D eigenvalue weighted by Crippen LogP contribution is -2.33. The van der Waals surface area contributed by atoms with Crippen LogP contribution >= 0.6 is 0 Å². The number of rotatable bonds is 6. The Morgan fingerprint density at radius 3 is 2.79 bits per heavy atom. The Kier molecular flexibility index (Phi) is 4.98. The maximum absolute atomic E-state index is 11.3. The highest BCUT2D eigenvalue weighted by Crippen LogP contribution is 2.24. The van der Waals surface area contributed by atoms with Gasteiger partial charge in [0.25, 0.3) is 0 Å².